The molecule has 0 saturated carbocycles. The third kappa shape index (κ3) is 2.56. The van der Waals surface area contributed by atoms with E-state index in [0.717, 1.165) is 5.69 Å². The molecule has 1 N–H and O–H groups in total. The van der Waals surface area contributed by atoms with Gasteiger partial charge in [0.2, 0.25) is 0 Å². The van der Waals surface area contributed by atoms with Crippen molar-refractivity contribution in [3.05, 3.63) is 29.3 Å². The predicted octanol–water partition coefficient (Wildman–Crippen LogP) is 2.29. The highest BCUT2D eigenvalue weighted by Crippen LogP contribution is 2.22. The van der Waals surface area contributed by atoms with Crippen molar-refractivity contribution in [2.24, 2.45) is 0 Å². The summed E-state index contributed by atoms with van der Waals surface area (Å²) in [7, 11) is 0. The van der Waals surface area contributed by atoms with Crippen LogP contribution in [0.1, 0.15) is 0 Å². The quantitative estimate of drug-likeness (QED) is 0.864. The summed E-state index contributed by atoms with van der Waals surface area (Å²) in [5, 5.41) is 4.12. The lowest BCUT2D eigenvalue weighted by Crippen LogP contribution is -2.32. The lowest BCUT2D eigenvalue weighted by atomic mass is 10.2. The van der Waals surface area contributed by atoms with E-state index in [9.17, 15) is 4.79 Å². The molecule has 0 bridgehead atoms. The van der Waals surface area contributed by atoms with Gasteiger partial charge in [0.15, 0.2) is 5.11 Å². The highest BCUT2D eigenvalue weighted by Gasteiger charge is 2.35. The molecule has 1 aromatic carbocycles. The van der Waals surface area contributed by atoms with Gasteiger partial charge < -0.3 is 5.32 Å². The number of nitrogens with one attached hydrogen (secondary N) is 1. The van der Waals surface area contributed by atoms with E-state index in [-0.39, 0.29) is 11.9 Å². The largest absolute Gasteiger partial charge is 0.349 e. The fourth-order valence-electron chi connectivity index (χ4n) is 1.65. The van der Waals surface area contributed by atoms with Gasteiger partial charge in [-0.1, -0.05) is 11.6 Å². The maximum atomic E-state index is 12.1. The van der Waals surface area contributed by atoms with Crippen molar-refractivity contribution in [2.45, 2.75) is 6.04 Å². The van der Waals surface area contributed by atoms with Gasteiger partial charge in [0, 0.05) is 10.8 Å². The molecule has 0 aromatic heterocycles. The number of hydrogen-bond donors (Lipinski definition) is 1. The minimum absolute atomic E-state index is 0.00771. The van der Waals surface area contributed by atoms with Gasteiger partial charge in [-0.05, 0) is 42.7 Å². The molecule has 3 nitrogen and oxygen atoms in total. The van der Waals surface area contributed by atoms with Gasteiger partial charge in [0.1, 0.15) is 6.04 Å². The van der Waals surface area contributed by atoms with E-state index in [0.29, 0.717) is 15.9 Å². The van der Waals surface area contributed by atoms with E-state index < -0.39 is 0 Å². The number of rotatable bonds is 3. The van der Waals surface area contributed by atoms with Crippen LogP contribution in [0.25, 0.3) is 0 Å². The predicted molar refractivity (Wildman–Crippen MR) is 76.8 cm³/mol. The molecule has 1 amide bonds. The smallest absolute Gasteiger partial charge is 0.256 e. The molecule has 1 aliphatic heterocycles. The van der Waals surface area contributed by atoms with E-state index in [1.807, 2.05) is 6.26 Å². The highest BCUT2D eigenvalue weighted by atomic mass is 35.5. The normalized spacial score (nSPS) is 19.6. The molecule has 0 radical (unpaired) electrons. The molecule has 2 rings (SSSR count). The third-order valence-electron chi connectivity index (χ3n) is 2.44. The number of carbonyl (C=O) groups is 1. The second-order valence-electron chi connectivity index (χ2n) is 3.61. The van der Waals surface area contributed by atoms with E-state index in [1.165, 1.54) is 4.90 Å². The summed E-state index contributed by atoms with van der Waals surface area (Å²) in [5.74, 6) is 0.704. The number of anilines is 1. The van der Waals surface area contributed by atoms with Gasteiger partial charge in [-0.2, -0.15) is 11.8 Å². The Morgan fingerprint density at radius 3 is 2.71 bits per heavy atom. The number of hydrogen-bond acceptors (Lipinski definition) is 3. The van der Waals surface area contributed by atoms with E-state index in [4.69, 9.17) is 23.8 Å². The molecule has 1 aliphatic rings. The zero-order chi connectivity index (χ0) is 12.4. The van der Waals surface area contributed by atoms with Crippen LogP contribution in [0.3, 0.4) is 0 Å². The summed E-state index contributed by atoms with van der Waals surface area (Å²) in [4.78, 5) is 13.6. The molecule has 90 valence electrons. The Bertz CT molecular complexity index is 449. The number of halogens is 1. The molecule has 0 aliphatic carbocycles. The van der Waals surface area contributed by atoms with Crippen molar-refractivity contribution in [1.29, 1.82) is 0 Å². The number of thioether (sulfide) groups is 1. The minimum atomic E-state index is -0.229. The second kappa shape index (κ2) is 5.25. The molecule has 1 fully saturated rings. The van der Waals surface area contributed by atoms with Crippen molar-refractivity contribution in [3.8, 4) is 0 Å². The van der Waals surface area contributed by atoms with Crippen molar-refractivity contribution in [2.75, 3.05) is 16.9 Å². The highest BCUT2D eigenvalue weighted by molar-refractivity contribution is 7.98. The van der Waals surface area contributed by atoms with Crippen LogP contribution in [-0.4, -0.2) is 29.1 Å². The van der Waals surface area contributed by atoms with Crippen LogP contribution in [0.15, 0.2) is 24.3 Å². The molecule has 1 atom stereocenters. The van der Waals surface area contributed by atoms with Gasteiger partial charge >= 0.3 is 0 Å². The van der Waals surface area contributed by atoms with Gasteiger partial charge in [0.05, 0.1) is 5.69 Å². The zero-order valence-corrected chi connectivity index (χ0v) is 11.5. The molecule has 17 heavy (non-hydrogen) atoms. The van der Waals surface area contributed by atoms with Crippen LogP contribution in [0.2, 0.25) is 5.02 Å². The summed E-state index contributed by atoms with van der Waals surface area (Å²) >= 11 is 12.6. The maximum absolute atomic E-state index is 12.1. The zero-order valence-electron chi connectivity index (χ0n) is 9.14. The number of nitrogens with zero attached hydrogens (tertiary/aromatic N) is 1. The summed E-state index contributed by atoms with van der Waals surface area (Å²) in [6.07, 6.45) is 1.96. The van der Waals surface area contributed by atoms with Gasteiger partial charge in [-0.15, -0.1) is 0 Å². The fourth-order valence-corrected chi connectivity index (χ4v) is 2.67. The Morgan fingerprint density at radius 1 is 1.47 bits per heavy atom. The Labute approximate surface area is 115 Å². The lowest BCUT2D eigenvalue weighted by molar-refractivity contribution is -0.117. The summed E-state index contributed by atoms with van der Waals surface area (Å²) in [6.45, 7) is 0. The van der Waals surface area contributed by atoms with Crippen LogP contribution in [0.5, 0.6) is 0 Å². The fraction of sp³-hybridized carbons (Fsp3) is 0.273. The van der Waals surface area contributed by atoms with Gasteiger partial charge in [0.25, 0.3) is 5.91 Å². The average molecular weight is 287 g/mol. The first kappa shape index (κ1) is 12.7. The monoisotopic (exact) mass is 286 g/mol. The molecule has 1 saturated heterocycles. The molecule has 1 heterocycles. The van der Waals surface area contributed by atoms with Crippen molar-refractivity contribution >= 4 is 52.3 Å². The molecule has 0 spiro atoms. The summed E-state index contributed by atoms with van der Waals surface area (Å²) in [5.41, 5.74) is 0.750. The van der Waals surface area contributed by atoms with Crippen molar-refractivity contribution in [1.82, 2.24) is 5.32 Å². The Kier molecular flexibility index (Phi) is 3.91. The van der Waals surface area contributed by atoms with Gasteiger partial charge in [-0.3, -0.25) is 9.69 Å². The lowest BCUT2D eigenvalue weighted by Gasteiger charge is -2.14. The summed E-state index contributed by atoms with van der Waals surface area (Å²) < 4.78 is 0. The number of benzene rings is 1. The Hall–Kier alpha value is -0.780. The van der Waals surface area contributed by atoms with E-state index in [2.05, 4.69) is 5.32 Å². The van der Waals surface area contributed by atoms with Crippen molar-refractivity contribution < 1.29 is 4.79 Å². The number of thiocarbonyl (C=S) groups is 1. The van der Waals surface area contributed by atoms with Crippen molar-refractivity contribution in [3.63, 3.8) is 0 Å². The third-order valence-corrected chi connectivity index (χ3v) is 3.66. The average Bonchev–Trinajstić information content (AvgIpc) is 2.57. The topological polar surface area (TPSA) is 32.3 Å². The first-order chi connectivity index (χ1) is 8.13. The van der Waals surface area contributed by atoms with Crippen LogP contribution < -0.4 is 10.2 Å². The van der Waals surface area contributed by atoms with Gasteiger partial charge in [-0.25, -0.2) is 0 Å². The van der Waals surface area contributed by atoms with E-state index in [1.54, 1.807) is 36.0 Å². The SMILES string of the molecule is CSC[C@@H]1NC(=S)N(c2ccc(Cl)cc2)C1=O. The molecular weight excluding hydrogens is 276 g/mol. The second-order valence-corrected chi connectivity index (χ2v) is 5.34. The number of amides is 1. The maximum Gasteiger partial charge on any atom is 0.256 e. The summed E-state index contributed by atoms with van der Waals surface area (Å²) in [6, 6.07) is 6.84. The van der Waals surface area contributed by atoms with Crippen LogP contribution in [0, 0.1) is 0 Å². The number of carbonyl (C=O) groups excluding carboxylic acids is 1. The molecule has 0 unspecified atom stereocenters. The van der Waals surface area contributed by atoms with Crippen LogP contribution in [-0.2, 0) is 4.79 Å². The standard InChI is InChI=1S/C11H11ClN2OS2/c1-17-6-9-10(15)14(11(16)13-9)8-4-2-7(12)3-5-8/h2-5,9H,6H2,1H3,(H,13,16)/t9-/m0/s1. The molecule has 1 aromatic rings. The van der Waals surface area contributed by atoms with Crippen LogP contribution in [0.4, 0.5) is 5.69 Å². The van der Waals surface area contributed by atoms with Crippen LogP contribution >= 0.6 is 35.6 Å². The first-order valence-electron chi connectivity index (χ1n) is 5.02. The molecule has 6 heteroatoms. The van der Waals surface area contributed by atoms with E-state index >= 15 is 0 Å². The Morgan fingerprint density at radius 2 is 2.12 bits per heavy atom. The minimum Gasteiger partial charge on any atom is -0.349 e. The Balaban J connectivity index is 2.24. The first-order valence-corrected chi connectivity index (χ1v) is 7.20. The molecular formula is C11H11ClN2OS2.